The third-order valence-corrected chi connectivity index (χ3v) is 5.18. The lowest BCUT2D eigenvalue weighted by Gasteiger charge is -2.27. The first kappa shape index (κ1) is 21.0. The maximum Gasteiger partial charge on any atom is 0.335 e. The number of fused-ring (bicyclic) bond motifs is 1. The van der Waals surface area contributed by atoms with E-state index in [1.54, 1.807) is 48.9 Å². The first-order chi connectivity index (χ1) is 15.4. The van der Waals surface area contributed by atoms with Crippen LogP contribution in [0.2, 0.25) is 0 Å². The van der Waals surface area contributed by atoms with Crippen molar-refractivity contribution in [2.24, 2.45) is 0 Å². The molecule has 0 atom stereocenters. The van der Waals surface area contributed by atoms with Crippen molar-refractivity contribution in [1.29, 1.82) is 0 Å². The first-order valence-corrected chi connectivity index (χ1v) is 10.1. The number of carbonyl (C=O) groups excluding carboxylic acids is 4. The molecule has 2 aromatic carbocycles. The van der Waals surface area contributed by atoms with Gasteiger partial charge in [-0.25, -0.2) is 9.69 Å². The third kappa shape index (κ3) is 3.78. The second-order valence-corrected chi connectivity index (χ2v) is 7.28. The SMILES string of the molecule is CCOC(=O)Cn1cc(/C=C2\C(=O)NC(=O)N(c3ccccc3C)C2=O)c2ccccc21. The average molecular weight is 431 g/mol. The van der Waals surface area contributed by atoms with Crippen molar-refractivity contribution in [2.75, 3.05) is 11.5 Å². The highest BCUT2D eigenvalue weighted by Gasteiger charge is 2.37. The molecule has 0 aliphatic carbocycles. The molecule has 32 heavy (non-hydrogen) atoms. The van der Waals surface area contributed by atoms with E-state index in [0.29, 0.717) is 11.3 Å². The van der Waals surface area contributed by atoms with Crippen LogP contribution in [-0.2, 0) is 25.7 Å². The molecule has 1 aromatic heterocycles. The van der Waals surface area contributed by atoms with Gasteiger partial charge < -0.3 is 9.30 Å². The molecule has 1 fully saturated rings. The van der Waals surface area contributed by atoms with Gasteiger partial charge in [0.05, 0.1) is 12.3 Å². The topological polar surface area (TPSA) is 97.7 Å². The number of urea groups is 1. The summed E-state index contributed by atoms with van der Waals surface area (Å²) < 4.78 is 6.74. The molecule has 162 valence electrons. The Morgan fingerprint density at radius 2 is 1.78 bits per heavy atom. The molecule has 8 heteroatoms. The van der Waals surface area contributed by atoms with Crippen LogP contribution in [0.3, 0.4) is 0 Å². The van der Waals surface area contributed by atoms with E-state index < -0.39 is 23.8 Å². The van der Waals surface area contributed by atoms with Gasteiger partial charge in [-0.1, -0.05) is 36.4 Å². The molecule has 2 heterocycles. The van der Waals surface area contributed by atoms with Crippen molar-refractivity contribution in [3.8, 4) is 0 Å². The molecule has 1 saturated heterocycles. The third-order valence-electron chi connectivity index (χ3n) is 5.18. The van der Waals surface area contributed by atoms with Crippen molar-refractivity contribution >= 4 is 46.5 Å². The lowest BCUT2D eigenvalue weighted by molar-refractivity contribution is -0.143. The van der Waals surface area contributed by atoms with Crippen LogP contribution in [0, 0.1) is 6.92 Å². The Morgan fingerprint density at radius 1 is 1.06 bits per heavy atom. The summed E-state index contributed by atoms with van der Waals surface area (Å²) in [7, 11) is 0. The number of ether oxygens (including phenoxy) is 1. The average Bonchev–Trinajstić information content (AvgIpc) is 3.10. The fraction of sp³-hybridized carbons (Fsp3) is 0.167. The van der Waals surface area contributed by atoms with Crippen LogP contribution < -0.4 is 10.2 Å². The number of aryl methyl sites for hydroxylation is 1. The van der Waals surface area contributed by atoms with Crippen molar-refractivity contribution in [3.05, 3.63) is 71.4 Å². The summed E-state index contributed by atoms with van der Waals surface area (Å²) in [6, 6.07) is 13.5. The van der Waals surface area contributed by atoms with E-state index in [1.807, 2.05) is 24.3 Å². The lowest BCUT2D eigenvalue weighted by Crippen LogP contribution is -2.54. The monoisotopic (exact) mass is 431 g/mol. The van der Waals surface area contributed by atoms with E-state index in [9.17, 15) is 19.2 Å². The fourth-order valence-corrected chi connectivity index (χ4v) is 3.71. The molecule has 8 nitrogen and oxygen atoms in total. The zero-order valence-corrected chi connectivity index (χ0v) is 17.6. The van der Waals surface area contributed by atoms with Gasteiger partial charge in [0.2, 0.25) is 0 Å². The minimum absolute atomic E-state index is 0.00844. The predicted molar refractivity (Wildman–Crippen MR) is 119 cm³/mol. The normalized spacial score (nSPS) is 15.4. The number of esters is 1. The van der Waals surface area contributed by atoms with Crippen LogP contribution in [0.4, 0.5) is 10.5 Å². The van der Waals surface area contributed by atoms with E-state index in [2.05, 4.69) is 5.32 Å². The molecule has 0 radical (unpaired) electrons. The Kier molecular flexibility index (Phi) is 5.59. The highest BCUT2D eigenvalue weighted by Crippen LogP contribution is 2.28. The maximum atomic E-state index is 13.2. The van der Waals surface area contributed by atoms with Gasteiger partial charge in [0.25, 0.3) is 11.8 Å². The largest absolute Gasteiger partial charge is 0.465 e. The number of barbiturate groups is 1. The van der Waals surface area contributed by atoms with E-state index >= 15 is 0 Å². The number of carbonyl (C=O) groups is 4. The number of anilines is 1. The molecule has 0 spiro atoms. The molecule has 0 bridgehead atoms. The quantitative estimate of drug-likeness (QED) is 0.380. The maximum absolute atomic E-state index is 13.2. The van der Waals surface area contributed by atoms with Crippen molar-refractivity contribution < 1.29 is 23.9 Å². The number of benzene rings is 2. The Balaban J connectivity index is 1.78. The van der Waals surface area contributed by atoms with Crippen LogP contribution in [0.15, 0.2) is 60.3 Å². The fourth-order valence-electron chi connectivity index (χ4n) is 3.71. The number of nitrogens with one attached hydrogen (secondary N) is 1. The van der Waals surface area contributed by atoms with E-state index in [0.717, 1.165) is 21.4 Å². The Bertz CT molecular complexity index is 1290. The van der Waals surface area contributed by atoms with Crippen molar-refractivity contribution in [2.45, 2.75) is 20.4 Å². The van der Waals surface area contributed by atoms with Gasteiger partial charge in [-0.15, -0.1) is 0 Å². The van der Waals surface area contributed by atoms with E-state index in [4.69, 9.17) is 4.74 Å². The predicted octanol–water partition coefficient (Wildman–Crippen LogP) is 3.18. The Morgan fingerprint density at radius 3 is 2.53 bits per heavy atom. The van der Waals surface area contributed by atoms with Gasteiger partial charge in [-0.05, 0) is 37.6 Å². The van der Waals surface area contributed by atoms with Gasteiger partial charge in [-0.3, -0.25) is 19.7 Å². The van der Waals surface area contributed by atoms with Gasteiger partial charge >= 0.3 is 12.0 Å². The lowest BCUT2D eigenvalue weighted by atomic mass is 10.1. The molecule has 0 saturated carbocycles. The zero-order chi connectivity index (χ0) is 22.8. The summed E-state index contributed by atoms with van der Waals surface area (Å²) in [5, 5.41) is 2.99. The molecular weight excluding hydrogens is 410 g/mol. The van der Waals surface area contributed by atoms with E-state index in [1.165, 1.54) is 6.08 Å². The molecular formula is C24H21N3O5. The van der Waals surface area contributed by atoms with Crippen LogP contribution in [0.1, 0.15) is 18.1 Å². The standard InChI is InChI=1S/C24H21N3O5/c1-3-32-21(28)14-26-13-16(17-9-5-7-11-20(17)26)12-18-22(29)25-24(31)27(23(18)30)19-10-6-4-8-15(19)2/h4-13H,3,14H2,1-2H3,(H,25,29,31)/b18-12+. The molecule has 1 aliphatic rings. The summed E-state index contributed by atoms with van der Waals surface area (Å²) in [6.45, 7) is 3.77. The summed E-state index contributed by atoms with van der Waals surface area (Å²) in [5.74, 6) is -1.88. The van der Waals surface area contributed by atoms with Gasteiger partial charge in [0, 0.05) is 22.7 Å². The van der Waals surface area contributed by atoms with Gasteiger partial charge in [0.1, 0.15) is 12.1 Å². The number of nitrogens with zero attached hydrogens (tertiary/aromatic N) is 2. The van der Waals surface area contributed by atoms with Crippen molar-refractivity contribution in [3.63, 3.8) is 0 Å². The first-order valence-electron chi connectivity index (χ1n) is 10.1. The summed E-state index contributed by atoms with van der Waals surface area (Å²) in [5.41, 5.74) is 2.27. The number of rotatable bonds is 5. The molecule has 3 aromatic rings. The number of amides is 4. The highest BCUT2D eigenvalue weighted by molar-refractivity contribution is 6.39. The Hall–Kier alpha value is -4.20. The van der Waals surface area contributed by atoms with E-state index in [-0.39, 0.29) is 18.7 Å². The number of aromatic nitrogens is 1. The summed E-state index contributed by atoms with van der Waals surface area (Å²) >= 11 is 0. The second kappa shape index (κ2) is 8.50. The van der Waals surface area contributed by atoms with Crippen LogP contribution in [0.25, 0.3) is 17.0 Å². The molecule has 4 amide bonds. The molecule has 1 aliphatic heterocycles. The van der Waals surface area contributed by atoms with Crippen LogP contribution in [0.5, 0.6) is 0 Å². The molecule has 1 N–H and O–H groups in total. The second-order valence-electron chi connectivity index (χ2n) is 7.28. The van der Waals surface area contributed by atoms with Crippen LogP contribution >= 0.6 is 0 Å². The number of hydrogen-bond donors (Lipinski definition) is 1. The summed E-state index contributed by atoms with van der Waals surface area (Å²) in [6.07, 6.45) is 3.13. The molecule has 0 unspecified atom stereocenters. The minimum atomic E-state index is -0.795. The van der Waals surface area contributed by atoms with Crippen molar-refractivity contribution in [1.82, 2.24) is 9.88 Å². The zero-order valence-electron chi connectivity index (χ0n) is 17.6. The van der Waals surface area contributed by atoms with Gasteiger partial charge in [-0.2, -0.15) is 0 Å². The number of hydrogen-bond acceptors (Lipinski definition) is 5. The molecule has 4 rings (SSSR count). The minimum Gasteiger partial charge on any atom is -0.465 e. The van der Waals surface area contributed by atoms with Crippen LogP contribution in [-0.4, -0.2) is 35.0 Å². The Labute approximate surface area is 184 Å². The highest BCUT2D eigenvalue weighted by atomic mass is 16.5. The summed E-state index contributed by atoms with van der Waals surface area (Å²) in [4.78, 5) is 51.2. The number of imide groups is 2. The smallest absolute Gasteiger partial charge is 0.335 e. The van der Waals surface area contributed by atoms with Gasteiger partial charge in [0.15, 0.2) is 0 Å². The number of para-hydroxylation sites is 2.